The molecule has 0 aliphatic carbocycles. The van der Waals surface area contributed by atoms with Crippen molar-refractivity contribution in [3.8, 4) is 0 Å². The van der Waals surface area contributed by atoms with Crippen LogP contribution in [0.4, 0.5) is 4.79 Å². The van der Waals surface area contributed by atoms with Crippen LogP contribution < -0.4 is 8.64 Å². The fourth-order valence-electron chi connectivity index (χ4n) is 4.62. The van der Waals surface area contributed by atoms with Crippen LogP contribution in [0.15, 0.2) is 51.9 Å². The van der Waals surface area contributed by atoms with Crippen LogP contribution in [0, 0.1) is 0 Å². The van der Waals surface area contributed by atoms with Crippen molar-refractivity contribution in [3.05, 3.63) is 68.6 Å². The van der Waals surface area contributed by atoms with E-state index in [4.69, 9.17) is 0 Å². The van der Waals surface area contributed by atoms with Gasteiger partial charge in [-0.1, -0.05) is 0 Å². The number of carbonyl (C=O) groups is 2. The Morgan fingerprint density at radius 1 is 1.08 bits per heavy atom. The van der Waals surface area contributed by atoms with E-state index in [1.807, 2.05) is 6.07 Å². The van der Waals surface area contributed by atoms with E-state index in [2.05, 4.69) is 60.8 Å². The number of imide groups is 1. The number of carbonyl (C=O) groups excluding carboxylic acids is 2. The van der Waals surface area contributed by atoms with Crippen LogP contribution in [0.1, 0.15) is 33.2 Å². The summed E-state index contributed by atoms with van der Waals surface area (Å²) in [5.41, 5.74) is 4.01. The van der Waals surface area contributed by atoms with Crippen LogP contribution in [0.25, 0.3) is 6.08 Å². The summed E-state index contributed by atoms with van der Waals surface area (Å²) in [5.74, 6) is 0.291. The third kappa shape index (κ3) is 2.28. The predicted octanol–water partition coefficient (Wildman–Crippen LogP) is 3.12. The van der Waals surface area contributed by atoms with Gasteiger partial charge in [-0.15, -0.1) is 0 Å². The average Bonchev–Trinajstić information content (AvgIpc) is 3.21. The fourth-order valence-corrected chi connectivity index (χ4v) is 19.5. The van der Waals surface area contributed by atoms with Gasteiger partial charge in [0.15, 0.2) is 0 Å². The Bertz CT molecular complexity index is 940. The maximum atomic E-state index is 12.4. The number of amides is 2. The number of rotatable bonds is 3. The van der Waals surface area contributed by atoms with E-state index in [1.54, 1.807) is 3.33 Å². The van der Waals surface area contributed by atoms with Crippen molar-refractivity contribution in [1.29, 1.82) is 0 Å². The summed E-state index contributed by atoms with van der Waals surface area (Å²) in [6, 6.07) is 17.2. The summed E-state index contributed by atoms with van der Waals surface area (Å²) in [7, 11) is 0. The minimum absolute atomic E-state index is 0.0938. The van der Waals surface area contributed by atoms with Gasteiger partial charge in [-0.3, -0.25) is 0 Å². The van der Waals surface area contributed by atoms with Gasteiger partial charge in [-0.25, -0.2) is 0 Å². The van der Waals surface area contributed by atoms with Crippen molar-refractivity contribution < 1.29 is 9.59 Å². The Hall–Kier alpha value is -1.46. The molecule has 1 fully saturated rings. The van der Waals surface area contributed by atoms with Crippen molar-refractivity contribution in [2.45, 2.75) is 21.8 Å². The number of hydrogen-bond donors (Lipinski definition) is 1. The second kappa shape index (κ2) is 5.78. The van der Waals surface area contributed by atoms with E-state index >= 15 is 0 Å². The molecule has 25 heavy (non-hydrogen) atoms. The zero-order valence-electron chi connectivity index (χ0n) is 13.7. The number of hydrogen-bond acceptors (Lipinski definition) is 3. The molecule has 4 bridgehead atoms. The van der Waals surface area contributed by atoms with Gasteiger partial charge < -0.3 is 0 Å². The number of nitrogens with one attached hydrogen (secondary N) is 1. The molecular formula is C20H16InNO2S. The van der Waals surface area contributed by atoms with E-state index in [0.717, 1.165) is 0 Å². The Balaban J connectivity index is 1.58. The third-order valence-electron chi connectivity index (χ3n) is 5.74. The molecule has 0 radical (unpaired) electrons. The molecule has 2 amide bonds. The molecule has 122 valence electrons. The van der Waals surface area contributed by atoms with Crippen LogP contribution in [-0.4, -0.2) is 37.8 Å². The Morgan fingerprint density at radius 3 is 2.56 bits per heavy atom. The second-order valence-corrected chi connectivity index (χ2v) is 16.5. The Morgan fingerprint density at radius 2 is 1.88 bits per heavy atom. The monoisotopic (exact) mass is 449 g/mol. The van der Waals surface area contributed by atoms with E-state index in [9.17, 15) is 9.59 Å². The molecule has 5 heteroatoms. The quantitative estimate of drug-likeness (QED) is 0.784. The molecule has 3 heterocycles. The topological polar surface area (TPSA) is 46.2 Å². The summed E-state index contributed by atoms with van der Waals surface area (Å²) < 4.78 is 3.36. The molecule has 3 nitrogen and oxygen atoms in total. The average molecular weight is 449 g/mol. The van der Waals surface area contributed by atoms with Crippen LogP contribution in [0.3, 0.4) is 0 Å². The molecular weight excluding hydrogens is 433 g/mol. The van der Waals surface area contributed by atoms with Gasteiger partial charge in [0.05, 0.1) is 0 Å². The normalized spacial score (nSPS) is 24.5. The Kier molecular flexibility index (Phi) is 3.65. The molecule has 1 N–H and O–H groups in total. The first-order valence-corrected chi connectivity index (χ1v) is 14.6. The van der Waals surface area contributed by atoms with Gasteiger partial charge in [0.2, 0.25) is 0 Å². The van der Waals surface area contributed by atoms with Gasteiger partial charge in [0.25, 0.3) is 0 Å². The number of allylic oxidation sites excluding steroid dienone is 1. The second-order valence-electron chi connectivity index (χ2n) is 6.95. The molecule has 2 aromatic carbocycles. The van der Waals surface area contributed by atoms with Crippen LogP contribution in [-0.2, 0) is 4.79 Å². The van der Waals surface area contributed by atoms with E-state index in [-0.39, 0.29) is 20.1 Å². The molecule has 0 saturated carbocycles. The minimum atomic E-state index is -2.40. The first-order valence-electron chi connectivity index (χ1n) is 8.56. The van der Waals surface area contributed by atoms with Crippen LogP contribution >= 0.6 is 11.8 Å². The fraction of sp³-hybridized carbons (Fsp3) is 0.200. The standard InChI is InChI=1S/C20H16NO2S.In/c1-14(15-7-3-2-4-8-15)11-12-16-9-5-6-10-17(16)13-18-19(22)21-20(23)24-18;/h2-8,10,12-14,18H,1H3,(H,21,22,23);. The first kappa shape index (κ1) is 15.8. The number of benzene rings is 2. The molecule has 3 unspecified atom stereocenters. The molecule has 3 aliphatic heterocycles. The molecule has 0 aromatic heterocycles. The molecule has 3 aliphatic rings. The number of thioether (sulfide) groups is 1. The summed E-state index contributed by atoms with van der Waals surface area (Å²) in [4.78, 5) is 24.1. The van der Waals surface area contributed by atoms with E-state index in [1.165, 1.54) is 31.8 Å². The van der Waals surface area contributed by atoms with E-state index < -0.39 is 21.4 Å². The molecule has 1 saturated heterocycles. The van der Waals surface area contributed by atoms with Gasteiger partial charge in [-0.05, 0) is 0 Å². The summed E-state index contributed by atoms with van der Waals surface area (Å²) in [6.45, 7) is 2.28. The zero-order valence-corrected chi connectivity index (χ0v) is 17.8. The van der Waals surface area contributed by atoms with Gasteiger partial charge in [0.1, 0.15) is 0 Å². The molecule has 0 spiro atoms. The molecule has 2 aromatic rings. The summed E-state index contributed by atoms with van der Waals surface area (Å²) in [5, 5.41) is 2.06. The van der Waals surface area contributed by atoms with Gasteiger partial charge in [-0.2, -0.15) is 0 Å². The SMILES string of the molecule is CC([C]1=Cc2c3ccc[c]2[In]1[CH]3C1SC(=O)NC1=O)c1ccccc1. The third-order valence-corrected chi connectivity index (χ3v) is 19.1. The van der Waals surface area contributed by atoms with Gasteiger partial charge >= 0.3 is 159 Å². The summed E-state index contributed by atoms with van der Waals surface area (Å²) >= 11 is -1.20. The predicted molar refractivity (Wildman–Crippen MR) is 102 cm³/mol. The molecule has 5 rings (SSSR count). The first-order chi connectivity index (χ1) is 12.1. The van der Waals surface area contributed by atoms with Crippen molar-refractivity contribution in [3.63, 3.8) is 0 Å². The van der Waals surface area contributed by atoms with Crippen LogP contribution in [0.2, 0.25) is 0 Å². The van der Waals surface area contributed by atoms with E-state index in [0.29, 0.717) is 5.92 Å². The van der Waals surface area contributed by atoms with Crippen LogP contribution in [0.5, 0.6) is 0 Å². The Labute approximate surface area is 158 Å². The maximum absolute atomic E-state index is 12.4. The molecule has 3 atom stereocenters. The van der Waals surface area contributed by atoms with Crippen molar-refractivity contribution in [1.82, 2.24) is 5.32 Å². The van der Waals surface area contributed by atoms with Gasteiger partial charge in [0, 0.05) is 0 Å². The van der Waals surface area contributed by atoms with Crippen molar-refractivity contribution in [2.24, 2.45) is 0 Å². The summed E-state index contributed by atoms with van der Waals surface area (Å²) in [6.07, 6.45) is 2.40. The van der Waals surface area contributed by atoms with Crippen molar-refractivity contribution >= 4 is 53.7 Å². The van der Waals surface area contributed by atoms with Crippen molar-refractivity contribution in [2.75, 3.05) is 0 Å². The zero-order chi connectivity index (χ0) is 17.1.